The smallest absolute Gasteiger partial charge is 0.273 e. The van der Waals surface area contributed by atoms with Crippen molar-refractivity contribution in [3.8, 4) is 0 Å². The van der Waals surface area contributed by atoms with Crippen LogP contribution in [0.5, 0.6) is 0 Å². The first kappa shape index (κ1) is 24.6. The lowest BCUT2D eigenvalue weighted by molar-refractivity contribution is 0.0695. The van der Waals surface area contributed by atoms with Gasteiger partial charge >= 0.3 is 0 Å². The minimum Gasteiger partial charge on any atom is -0.446 e. The van der Waals surface area contributed by atoms with Crippen molar-refractivity contribution in [2.24, 2.45) is 0 Å². The fraction of sp³-hybridized carbons (Fsp3) is 0.522. The number of benzene rings is 1. The quantitative estimate of drug-likeness (QED) is 0.462. The molecule has 8 heteroatoms. The fourth-order valence-corrected chi connectivity index (χ4v) is 2.98. The molecule has 0 bridgehead atoms. The third-order valence-electron chi connectivity index (χ3n) is 4.54. The van der Waals surface area contributed by atoms with Crippen molar-refractivity contribution in [2.75, 3.05) is 39.5 Å². The second kappa shape index (κ2) is 13.6. The monoisotopic (exact) mass is 431 g/mol. The lowest BCUT2D eigenvalue weighted by Gasteiger charge is -2.21. The summed E-state index contributed by atoms with van der Waals surface area (Å²) in [4.78, 5) is 31.2. The minimum absolute atomic E-state index is 0.111. The van der Waals surface area contributed by atoms with Crippen molar-refractivity contribution < 1.29 is 23.5 Å². The highest BCUT2D eigenvalue weighted by molar-refractivity contribution is 5.94. The molecule has 170 valence electrons. The molecule has 0 aliphatic heterocycles. The van der Waals surface area contributed by atoms with Crippen molar-refractivity contribution in [1.82, 2.24) is 15.2 Å². The summed E-state index contributed by atoms with van der Waals surface area (Å²) in [7, 11) is 0. The number of aromatic nitrogens is 1. The highest BCUT2D eigenvalue weighted by atomic mass is 16.5. The van der Waals surface area contributed by atoms with Gasteiger partial charge < -0.3 is 24.1 Å². The van der Waals surface area contributed by atoms with Crippen LogP contribution in [0.2, 0.25) is 0 Å². The van der Waals surface area contributed by atoms with Gasteiger partial charge in [-0.1, -0.05) is 17.7 Å². The summed E-state index contributed by atoms with van der Waals surface area (Å²) in [5.74, 6) is -0.100. The zero-order chi connectivity index (χ0) is 22.5. The van der Waals surface area contributed by atoms with Crippen LogP contribution in [0.15, 0.2) is 34.9 Å². The van der Waals surface area contributed by atoms with Gasteiger partial charge in [-0.15, -0.1) is 0 Å². The third kappa shape index (κ3) is 8.51. The predicted octanol–water partition coefficient (Wildman–Crippen LogP) is 3.21. The van der Waals surface area contributed by atoms with Crippen molar-refractivity contribution >= 4 is 11.8 Å². The molecule has 2 rings (SSSR count). The Hall–Kier alpha value is -2.71. The molecule has 0 unspecified atom stereocenters. The summed E-state index contributed by atoms with van der Waals surface area (Å²) in [6.45, 7) is 9.43. The summed E-state index contributed by atoms with van der Waals surface area (Å²) in [6, 6.07) is 7.46. The number of nitrogens with one attached hydrogen (secondary N) is 1. The molecule has 0 radical (unpaired) electrons. The molecule has 0 aliphatic rings. The van der Waals surface area contributed by atoms with Gasteiger partial charge in [-0.2, -0.15) is 0 Å². The fourth-order valence-electron chi connectivity index (χ4n) is 2.98. The van der Waals surface area contributed by atoms with Crippen LogP contribution in [-0.2, 0) is 16.0 Å². The van der Waals surface area contributed by atoms with E-state index < -0.39 is 0 Å². The molecule has 1 aromatic heterocycles. The maximum absolute atomic E-state index is 13.1. The molecule has 1 aromatic carbocycles. The Kier molecular flexibility index (Phi) is 10.7. The molecule has 0 spiro atoms. The Morgan fingerprint density at radius 2 is 1.87 bits per heavy atom. The van der Waals surface area contributed by atoms with E-state index in [-0.39, 0.29) is 24.1 Å². The first-order chi connectivity index (χ1) is 15.0. The lowest BCUT2D eigenvalue weighted by Crippen LogP contribution is -2.32. The van der Waals surface area contributed by atoms with E-state index in [1.54, 1.807) is 11.0 Å². The van der Waals surface area contributed by atoms with E-state index in [9.17, 15) is 9.59 Å². The summed E-state index contributed by atoms with van der Waals surface area (Å²) >= 11 is 0. The van der Waals surface area contributed by atoms with Gasteiger partial charge in [-0.3, -0.25) is 9.59 Å². The number of oxazole rings is 1. The largest absolute Gasteiger partial charge is 0.446 e. The molecule has 31 heavy (non-hydrogen) atoms. The van der Waals surface area contributed by atoms with Crippen LogP contribution < -0.4 is 5.32 Å². The summed E-state index contributed by atoms with van der Waals surface area (Å²) in [5, 5.41) is 2.79. The first-order valence-corrected chi connectivity index (χ1v) is 10.8. The van der Waals surface area contributed by atoms with Crippen LogP contribution in [0.1, 0.15) is 59.0 Å². The van der Waals surface area contributed by atoms with Crippen molar-refractivity contribution in [2.45, 2.75) is 40.2 Å². The standard InChI is InChI=1S/C23H33N3O5/c1-4-29-13-7-11-24-22(27)20-17-31-21(25-20)16-26(12-8-14-30-5-2)23(28)19-10-6-9-18(3)15-19/h6,9-10,15,17H,4-5,7-8,11-14,16H2,1-3H3,(H,24,27). The van der Waals surface area contributed by atoms with Gasteiger partial charge in [0.25, 0.3) is 11.8 Å². The number of aryl methyl sites for hydroxylation is 1. The van der Waals surface area contributed by atoms with E-state index in [0.717, 1.165) is 12.0 Å². The molecular formula is C23H33N3O5. The first-order valence-electron chi connectivity index (χ1n) is 10.8. The molecule has 1 N–H and O–H groups in total. The predicted molar refractivity (Wildman–Crippen MR) is 117 cm³/mol. The van der Waals surface area contributed by atoms with E-state index in [1.165, 1.54) is 6.26 Å². The molecule has 0 aliphatic carbocycles. The Labute approximate surface area is 183 Å². The minimum atomic E-state index is -0.306. The summed E-state index contributed by atoms with van der Waals surface area (Å²) in [5.41, 5.74) is 1.82. The van der Waals surface area contributed by atoms with Crippen LogP contribution in [-0.4, -0.2) is 61.2 Å². The third-order valence-corrected chi connectivity index (χ3v) is 4.54. The zero-order valence-corrected chi connectivity index (χ0v) is 18.7. The maximum atomic E-state index is 13.1. The Morgan fingerprint density at radius 3 is 2.58 bits per heavy atom. The van der Waals surface area contributed by atoms with Gasteiger partial charge in [0.15, 0.2) is 5.69 Å². The highest BCUT2D eigenvalue weighted by Crippen LogP contribution is 2.13. The second-order valence-electron chi connectivity index (χ2n) is 7.08. The van der Waals surface area contributed by atoms with E-state index in [0.29, 0.717) is 57.4 Å². The SMILES string of the molecule is CCOCCCNC(=O)c1coc(CN(CCCOCC)C(=O)c2cccc(C)c2)n1. The van der Waals surface area contributed by atoms with Crippen LogP contribution >= 0.6 is 0 Å². The second-order valence-corrected chi connectivity index (χ2v) is 7.08. The molecule has 0 fully saturated rings. The average Bonchev–Trinajstić information content (AvgIpc) is 3.24. The van der Waals surface area contributed by atoms with Crippen LogP contribution in [0.3, 0.4) is 0 Å². The van der Waals surface area contributed by atoms with Gasteiger partial charge in [0.05, 0.1) is 6.54 Å². The molecule has 0 saturated heterocycles. The molecular weight excluding hydrogens is 398 g/mol. The number of nitrogens with zero attached hydrogens (tertiary/aromatic N) is 2. The zero-order valence-electron chi connectivity index (χ0n) is 18.7. The van der Waals surface area contributed by atoms with Crippen molar-refractivity contribution in [3.05, 3.63) is 53.2 Å². The molecule has 1 heterocycles. The van der Waals surface area contributed by atoms with Crippen LogP contribution in [0, 0.1) is 6.92 Å². The Bertz CT molecular complexity index is 821. The highest BCUT2D eigenvalue weighted by Gasteiger charge is 2.20. The van der Waals surface area contributed by atoms with Gasteiger partial charge in [0.1, 0.15) is 6.26 Å². The molecule has 8 nitrogen and oxygen atoms in total. The molecule has 2 amide bonds. The number of ether oxygens (including phenoxy) is 2. The molecule has 0 saturated carbocycles. The summed E-state index contributed by atoms with van der Waals surface area (Å²) < 4.78 is 16.1. The van der Waals surface area contributed by atoms with Crippen molar-refractivity contribution in [1.29, 1.82) is 0 Å². The van der Waals surface area contributed by atoms with E-state index in [2.05, 4.69) is 10.3 Å². The van der Waals surface area contributed by atoms with Gasteiger partial charge in [-0.25, -0.2) is 4.98 Å². The van der Waals surface area contributed by atoms with Crippen molar-refractivity contribution in [3.63, 3.8) is 0 Å². The number of carbonyl (C=O) groups is 2. The van der Waals surface area contributed by atoms with Crippen LogP contribution in [0.4, 0.5) is 0 Å². The lowest BCUT2D eigenvalue weighted by atomic mass is 10.1. The normalized spacial score (nSPS) is 10.8. The number of hydrogen-bond donors (Lipinski definition) is 1. The Balaban J connectivity index is 1.99. The Morgan fingerprint density at radius 1 is 1.13 bits per heavy atom. The van der Waals surface area contributed by atoms with Gasteiger partial charge in [0.2, 0.25) is 5.89 Å². The van der Waals surface area contributed by atoms with E-state index in [4.69, 9.17) is 13.9 Å². The number of amides is 2. The number of rotatable bonds is 14. The topological polar surface area (TPSA) is 93.9 Å². The van der Waals surface area contributed by atoms with E-state index >= 15 is 0 Å². The summed E-state index contributed by atoms with van der Waals surface area (Å²) in [6.07, 6.45) is 2.74. The van der Waals surface area contributed by atoms with E-state index in [1.807, 2.05) is 39.0 Å². The molecule has 0 atom stereocenters. The van der Waals surface area contributed by atoms with Gasteiger partial charge in [0, 0.05) is 45.1 Å². The molecule has 2 aromatic rings. The maximum Gasteiger partial charge on any atom is 0.273 e. The number of hydrogen-bond acceptors (Lipinski definition) is 6. The average molecular weight is 432 g/mol. The number of carbonyl (C=O) groups excluding carboxylic acids is 2. The van der Waals surface area contributed by atoms with Gasteiger partial charge in [-0.05, 0) is 45.7 Å². The van der Waals surface area contributed by atoms with Crippen LogP contribution in [0.25, 0.3) is 0 Å².